The average molecular weight is 388 g/mol. The third-order valence-corrected chi connectivity index (χ3v) is 5.30. The zero-order chi connectivity index (χ0) is 20.3. The molecular weight excluding hydrogens is 354 g/mol. The van der Waals surface area contributed by atoms with E-state index in [1.807, 2.05) is 6.07 Å². The Hall–Kier alpha value is -1.99. The normalized spacial score (nSPS) is 16.8. The molecule has 7 nitrogen and oxygen atoms in total. The van der Waals surface area contributed by atoms with Gasteiger partial charge in [-0.25, -0.2) is 9.67 Å². The standard InChI is InChI=1S/C21H33N5O2/c1-16(2)20-17(22-15-28-20)14-25-10-8-24(9-11-25)12-13-26-19(27)7-6-18(23-26)21(3,4)5/h6-7,15-16H,8-14H2,1-5H3. The SMILES string of the molecule is CC(C)c1ocnc1CN1CCN(CCn2nc(C(C)(C)C)ccc2=O)CC1. The summed E-state index contributed by atoms with van der Waals surface area (Å²) in [6, 6.07) is 3.47. The second kappa shape index (κ2) is 8.57. The molecule has 3 rings (SSSR count). The van der Waals surface area contributed by atoms with Crippen LogP contribution in [0.15, 0.2) is 27.7 Å². The van der Waals surface area contributed by atoms with E-state index < -0.39 is 0 Å². The molecule has 2 aromatic heterocycles. The maximum atomic E-state index is 12.1. The first-order valence-electron chi connectivity index (χ1n) is 10.2. The van der Waals surface area contributed by atoms with Crippen molar-refractivity contribution in [3.05, 3.63) is 46.0 Å². The van der Waals surface area contributed by atoms with Crippen molar-refractivity contribution >= 4 is 0 Å². The molecule has 0 radical (unpaired) electrons. The first-order chi connectivity index (χ1) is 13.2. The Balaban J connectivity index is 1.51. The van der Waals surface area contributed by atoms with E-state index in [2.05, 4.69) is 54.5 Å². The quantitative estimate of drug-likeness (QED) is 0.759. The van der Waals surface area contributed by atoms with E-state index in [4.69, 9.17) is 4.42 Å². The summed E-state index contributed by atoms with van der Waals surface area (Å²) in [6.07, 6.45) is 1.55. The molecule has 1 aliphatic heterocycles. The van der Waals surface area contributed by atoms with Gasteiger partial charge in [-0.15, -0.1) is 0 Å². The van der Waals surface area contributed by atoms with Crippen molar-refractivity contribution in [2.45, 2.75) is 59.0 Å². The van der Waals surface area contributed by atoms with Gasteiger partial charge >= 0.3 is 0 Å². The summed E-state index contributed by atoms with van der Waals surface area (Å²) >= 11 is 0. The van der Waals surface area contributed by atoms with E-state index in [0.29, 0.717) is 12.5 Å². The molecule has 0 unspecified atom stereocenters. The molecule has 154 valence electrons. The van der Waals surface area contributed by atoms with Crippen molar-refractivity contribution in [2.24, 2.45) is 0 Å². The van der Waals surface area contributed by atoms with Gasteiger partial charge in [-0.05, 0) is 6.07 Å². The van der Waals surface area contributed by atoms with Crippen LogP contribution in [0.5, 0.6) is 0 Å². The van der Waals surface area contributed by atoms with E-state index in [0.717, 1.165) is 56.4 Å². The van der Waals surface area contributed by atoms with Crippen molar-refractivity contribution in [1.82, 2.24) is 24.6 Å². The summed E-state index contributed by atoms with van der Waals surface area (Å²) in [6.45, 7) is 16.9. The Morgan fingerprint density at radius 1 is 1.07 bits per heavy atom. The van der Waals surface area contributed by atoms with Crippen LogP contribution in [0.4, 0.5) is 0 Å². The van der Waals surface area contributed by atoms with Gasteiger partial charge in [0.1, 0.15) is 5.76 Å². The van der Waals surface area contributed by atoms with Crippen molar-refractivity contribution in [1.29, 1.82) is 0 Å². The molecule has 0 bridgehead atoms. The van der Waals surface area contributed by atoms with E-state index in [1.54, 1.807) is 17.1 Å². The highest BCUT2D eigenvalue weighted by Gasteiger charge is 2.21. The lowest BCUT2D eigenvalue weighted by molar-refractivity contribution is 0.121. The molecule has 2 aromatic rings. The number of hydrogen-bond acceptors (Lipinski definition) is 6. The van der Waals surface area contributed by atoms with Gasteiger partial charge in [0.25, 0.3) is 5.56 Å². The molecule has 0 spiro atoms. The molecule has 1 fully saturated rings. The zero-order valence-corrected chi connectivity index (χ0v) is 17.8. The van der Waals surface area contributed by atoms with Gasteiger partial charge in [-0.2, -0.15) is 5.10 Å². The predicted octanol–water partition coefficient (Wildman–Crippen LogP) is 2.47. The second-order valence-corrected chi connectivity index (χ2v) is 8.97. The van der Waals surface area contributed by atoms with Crippen LogP contribution in [0.2, 0.25) is 0 Å². The highest BCUT2D eigenvalue weighted by molar-refractivity contribution is 5.11. The number of oxazole rings is 1. The largest absolute Gasteiger partial charge is 0.448 e. The van der Waals surface area contributed by atoms with E-state index in [1.165, 1.54) is 0 Å². The molecular formula is C21H33N5O2. The first-order valence-corrected chi connectivity index (χ1v) is 10.2. The molecule has 0 aliphatic carbocycles. The molecule has 0 aromatic carbocycles. The molecule has 1 saturated heterocycles. The fourth-order valence-corrected chi connectivity index (χ4v) is 3.49. The fourth-order valence-electron chi connectivity index (χ4n) is 3.49. The smallest absolute Gasteiger partial charge is 0.266 e. The Morgan fingerprint density at radius 3 is 2.39 bits per heavy atom. The van der Waals surface area contributed by atoms with Crippen LogP contribution >= 0.6 is 0 Å². The van der Waals surface area contributed by atoms with Crippen LogP contribution in [0.3, 0.4) is 0 Å². The van der Waals surface area contributed by atoms with E-state index in [-0.39, 0.29) is 11.0 Å². The maximum Gasteiger partial charge on any atom is 0.266 e. The van der Waals surface area contributed by atoms with Gasteiger partial charge in [0, 0.05) is 56.7 Å². The third-order valence-electron chi connectivity index (χ3n) is 5.30. The maximum absolute atomic E-state index is 12.1. The molecule has 7 heteroatoms. The van der Waals surface area contributed by atoms with Crippen LogP contribution in [0.25, 0.3) is 0 Å². The Morgan fingerprint density at radius 2 is 1.75 bits per heavy atom. The van der Waals surface area contributed by atoms with Gasteiger partial charge < -0.3 is 4.42 Å². The van der Waals surface area contributed by atoms with Gasteiger partial charge in [-0.1, -0.05) is 34.6 Å². The van der Waals surface area contributed by atoms with E-state index >= 15 is 0 Å². The monoisotopic (exact) mass is 387 g/mol. The predicted molar refractivity (Wildman–Crippen MR) is 110 cm³/mol. The number of piperazine rings is 1. The van der Waals surface area contributed by atoms with Crippen molar-refractivity contribution in [3.8, 4) is 0 Å². The van der Waals surface area contributed by atoms with Gasteiger partial charge in [0.2, 0.25) is 0 Å². The molecule has 1 aliphatic rings. The Bertz CT molecular complexity index is 826. The Kier molecular flexibility index (Phi) is 6.35. The van der Waals surface area contributed by atoms with Crippen LogP contribution in [0.1, 0.15) is 57.7 Å². The number of nitrogens with zero attached hydrogens (tertiary/aromatic N) is 5. The molecule has 0 N–H and O–H groups in total. The average Bonchev–Trinajstić information content (AvgIpc) is 3.10. The highest BCUT2D eigenvalue weighted by atomic mass is 16.3. The lowest BCUT2D eigenvalue weighted by Crippen LogP contribution is -2.47. The first kappa shape index (κ1) is 20.7. The van der Waals surface area contributed by atoms with Crippen LogP contribution in [-0.2, 0) is 18.5 Å². The molecule has 28 heavy (non-hydrogen) atoms. The number of aromatic nitrogens is 3. The van der Waals surface area contributed by atoms with Gasteiger partial charge in [0.05, 0.1) is 17.9 Å². The fraction of sp³-hybridized carbons (Fsp3) is 0.667. The molecule has 3 heterocycles. The van der Waals surface area contributed by atoms with Gasteiger partial charge in [-0.3, -0.25) is 14.6 Å². The minimum Gasteiger partial charge on any atom is -0.448 e. The Labute approximate surface area is 167 Å². The zero-order valence-electron chi connectivity index (χ0n) is 17.8. The van der Waals surface area contributed by atoms with Crippen LogP contribution in [-0.4, -0.2) is 57.3 Å². The minimum absolute atomic E-state index is 0.0288. The summed E-state index contributed by atoms with van der Waals surface area (Å²) in [5.41, 5.74) is 1.92. The van der Waals surface area contributed by atoms with E-state index in [9.17, 15) is 4.79 Å². The van der Waals surface area contributed by atoms with Crippen molar-refractivity contribution < 1.29 is 4.42 Å². The van der Waals surface area contributed by atoms with Crippen molar-refractivity contribution in [3.63, 3.8) is 0 Å². The van der Waals surface area contributed by atoms with Gasteiger partial charge in [0.15, 0.2) is 6.39 Å². The van der Waals surface area contributed by atoms with Crippen LogP contribution in [0, 0.1) is 0 Å². The molecule has 0 amide bonds. The molecule has 0 saturated carbocycles. The number of hydrogen-bond donors (Lipinski definition) is 0. The second-order valence-electron chi connectivity index (χ2n) is 8.97. The molecule has 0 atom stereocenters. The lowest BCUT2D eigenvalue weighted by atomic mass is 9.92. The summed E-state index contributed by atoms with van der Waals surface area (Å²) in [5.74, 6) is 1.35. The summed E-state index contributed by atoms with van der Waals surface area (Å²) in [4.78, 5) is 21.4. The lowest BCUT2D eigenvalue weighted by Gasteiger charge is -2.34. The number of rotatable bonds is 6. The summed E-state index contributed by atoms with van der Waals surface area (Å²) in [7, 11) is 0. The summed E-state index contributed by atoms with van der Waals surface area (Å²) in [5, 5.41) is 4.57. The topological polar surface area (TPSA) is 67.4 Å². The summed E-state index contributed by atoms with van der Waals surface area (Å²) < 4.78 is 7.14. The third kappa shape index (κ3) is 5.08. The highest BCUT2D eigenvalue weighted by Crippen LogP contribution is 2.20. The minimum atomic E-state index is -0.0585. The van der Waals surface area contributed by atoms with Crippen molar-refractivity contribution in [2.75, 3.05) is 32.7 Å². The van der Waals surface area contributed by atoms with Crippen LogP contribution < -0.4 is 5.56 Å².